The second kappa shape index (κ2) is 5.81. The van der Waals surface area contributed by atoms with E-state index in [0.29, 0.717) is 17.5 Å². The van der Waals surface area contributed by atoms with Gasteiger partial charge in [0.2, 0.25) is 5.91 Å². The zero-order valence-electron chi connectivity index (χ0n) is 9.87. The molecule has 0 aromatic heterocycles. The van der Waals surface area contributed by atoms with Gasteiger partial charge in [-0.25, -0.2) is 0 Å². The third-order valence-corrected chi connectivity index (χ3v) is 2.21. The summed E-state index contributed by atoms with van der Waals surface area (Å²) in [5, 5.41) is 0. The fourth-order valence-electron chi connectivity index (χ4n) is 1.28. The maximum absolute atomic E-state index is 10.9. The Bertz CT molecular complexity index is 219. The van der Waals surface area contributed by atoms with Crippen LogP contribution in [0, 0.1) is 5.92 Å². The van der Waals surface area contributed by atoms with Crippen LogP contribution in [0.25, 0.3) is 0 Å². The van der Waals surface area contributed by atoms with E-state index in [0.717, 1.165) is 6.42 Å². The predicted molar refractivity (Wildman–Crippen MR) is 59.9 cm³/mol. The fraction of sp³-hybridized carbons (Fsp3) is 0.727. The van der Waals surface area contributed by atoms with Crippen molar-refractivity contribution in [3.05, 3.63) is 11.6 Å². The number of likely N-dealkylation sites (N-methyl/N-ethyl adjacent to an activating group) is 1. The molecule has 0 aliphatic rings. The fourth-order valence-corrected chi connectivity index (χ4v) is 1.28. The van der Waals surface area contributed by atoms with Crippen LogP contribution in [0.1, 0.15) is 27.2 Å². The first-order valence-corrected chi connectivity index (χ1v) is 4.99. The molecule has 3 heteroatoms. The molecule has 0 spiro atoms. The molecule has 1 unspecified atom stereocenters. The number of nitrogens with two attached hydrogens (primary N) is 1. The summed E-state index contributed by atoms with van der Waals surface area (Å²) in [7, 11) is 4.02. The van der Waals surface area contributed by atoms with Gasteiger partial charge in [0, 0.05) is 11.6 Å². The van der Waals surface area contributed by atoms with Gasteiger partial charge in [-0.1, -0.05) is 19.9 Å². The van der Waals surface area contributed by atoms with Crippen LogP contribution < -0.4 is 5.73 Å². The maximum atomic E-state index is 10.9. The standard InChI is InChI=1S/C11H22N2O/c1-8(2)6-10(13(4)5)7-9(3)11(12)14/h7-8,10H,6H2,1-5H3,(H2,12,14)/b9-7+. The summed E-state index contributed by atoms with van der Waals surface area (Å²) in [6, 6.07) is 0.294. The van der Waals surface area contributed by atoms with E-state index in [1.165, 1.54) is 0 Å². The van der Waals surface area contributed by atoms with E-state index in [1.54, 1.807) is 6.92 Å². The smallest absolute Gasteiger partial charge is 0.244 e. The molecule has 0 saturated heterocycles. The topological polar surface area (TPSA) is 46.3 Å². The molecule has 0 bridgehead atoms. The molecule has 82 valence electrons. The Kier molecular flexibility index (Phi) is 5.46. The lowest BCUT2D eigenvalue weighted by atomic mass is 10.0. The highest BCUT2D eigenvalue weighted by Crippen LogP contribution is 2.11. The molecular formula is C11H22N2O. The van der Waals surface area contributed by atoms with E-state index in [-0.39, 0.29) is 5.91 Å². The van der Waals surface area contributed by atoms with E-state index >= 15 is 0 Å². The normalized spacial score (nSPS) is 14.9. The van der Waals surface area contributed by atoms with Crippen LogP contribution in [0.5, 0.6) is 0 Å². The number of carbonyl (C=O) groups excluding carboxylic acids is 1. The molecule has 0 rings (SSSR count). The minimum absolute atomic E-state index is 0.294. The lowest BCUT2D eigenvalue weighted by molar-refractivity contribution is -0.114. The molecule has 1 atom stereocenters. The molecular weight excluding hydrogens is 176 g/mol. The second-order valence-electron chi connectivity index (χ2n) is 4.37. The van der Waals surface area contributed by atoms with E-state index < -0.39 is 0 Å². The number of hydrogen-bond acceptors (Lipinski definition) is 2. The number of amides is 1. The van der Waals surface area contributed by atoms with E-state index in [4.69, 9.17) is 5.73 Å². The average Bonchev–Trinajstić information content (AvgIpc) is 2.01. The Morgan fingerprint density at radius 2 is 1.93 bits per heavy atom. The second-order valence-corrected chi connectivity index (χ2v) is 4.37. The predicted octanol–water partition coefficient (Wildman–Crippen LogP) is 1.39. The summed E-state index contributed by atoms with van der Waals surface area (Å²) >= 11 is 0. The third-order valence-electron chi connectivity index (χ3n) is 2.21. The molecule has 0 aromatic rings. The monoisotopic (exact) mass is 198 g/mol. The van der Waals surface area contributed by atoms with Crippen LogP contribution in [0.15, 0.2) is 11.6 Å². The van der Waals surface area contributed by atoms with Crippen LogP contribution >= 0.6 is 0 Å². The molecule has 3 nitrogen and oxygen atoms in total. The van der Waals surface area contributed by atoms with Crippen molar-refractivity contribution in [3.63, 3.8) is 0 Å². The first-order chi connectivity index (χ1) is 6.34. The first-order valence-electron chi connectivity index (χ1n) is 4.99. The van der Waals surface area contributed by atoms with Gasteiger partial charge in [0.15, 0.2) is 0 Å². The van der Waals surface area contributed by atoms with Crippen molar-refractivity contribution < 1.29 is 4.79 Å². The van der Waals surface area contributed by atoms with Crippen LogP contribution in [0.3, 0.4) is 0 Å². The zero-order chi connectivity index (χ0) is 11.3. The van der Waals surface area contributed by atoms with Crippen molar-refractivity contribution in [1.29, 1.82) is 0 Å². The SMILES string of the molecule is C/C(=C\C(CC(C)C)N(C)C)C(N)=O. The Labute approximate surface area is 87.0 Å². The molecule has 0 aromatic carbocycles. The van der Waals surface area contributed by atoms with Crippen molar-refractivity contribution in [2.24, 2.45) is 11.7 Å². The molecule has 2 N–H and O–H groups in total. The number of carbonyl (C=O) groups is 1. The quantitative estimate of drug-likeness (QED) is 0.679. The molecule has 0 aliphatic heterocycles. The Morgan fingerprint density at radius 3 is 2.21 bits per heavy atom. The maximum Gasteiger partial charge on any atom is 0.244 e. The first kappa shape index (κ1) is 13.2. The molecule has 0 fully saturated rings. The Balaban J connectivity index is 4.51. The zero-order valence-corrected chi connectivity index (χ0v) is 9.87. The van der Waals surface area contributed by atoms with Crippen LogP contribution in [-0.2, 0) is 4.79 Å². The summed E-state index contributed by atoms with van der Waals surface area (Å²) in [6.07, 6.45) is 2.99. The van der Waals surface area contributed by atoms with Crippen molar-refractivity contribution in [3.8, 4) is 0 Å². The van der Waals surface area contributed by atoms with Gasteiger partial charge in [0.1, 0.15) is 0 Å². The molecule has 14 heavy (non-hydrogen) atoms. The van der Waals surface area contributed by atoms with Crippen LogP contribution in [-0.4, -0.2) is 30.9 Å². The van der Waals surface area contributed by atoms with Crippen molar-refractivity contribution in [2.75, 3.05) is 14.1 Å². The Hall–Kier alpha value is -0.830. The minimum Gasteiger partial charge on any atom is -0.366 e. The van der Waals surface area contributed by atoms with Crippen molar-refractivity contribution in [2.45, 2.75) is 33.2 Å². The van der Waals surface area contributed by atoms with Crippen molar-refractivity contribution >= 4 is 5.91 Å². The number of primary amides is 1. The number of hydrogen-bond donors (Lipinski definition) is 1. The van der Waals surface area contributed by atoms with Gasteiger partial charge in [0.25, 0.3) is 0 Å². The van der Waals surface area contributed by atoms with Crippen molar-refractivity contribution in [1.82, 2.24) is 4.90 Å². The average molecular weight is 198 g/mol. The van der Waals surface area contributed by atoms with Gasteiger partial charge in [-0.15, -0.1) is 0 Å². The molecule has 1 amide bonds. The van der Waals surface area contributed by atoms with Gasteiger partial charge in [-0.2, -0.15) is 0 Å². The highest BCUT2D eigenvalue weighted by molar-refractivity contribution is 5.91. The van der Waals surface area contributed by atoms with Gasteiger partial charge < -0.3 is 10.6 Å². The molecule has 0 aliphatic carbocycles. The van der Waals surface area contributed by atoms with Gasteiger partial charge in [-0.05, 0) is 33.4 Å². The van der Waals surface area contributed by atoms with Crippen LogP contribution in [0.4, 0.5) is 0 Å². The van der Waals surface area contributed by atoms with E-state index in [2.05, 4.69) is 18.7 Å². The van der Waals surface area contributed by atoms with E-state index in [9.17, 15) is 4.79 Å². The van der Waals surface area contributed by atoms with E-state index in [1.807, 2.05) is 20.2 Å². The summed E-state index contributed by atoms with van der Waals surface area (Å²) in [5.41, 5.74) is 5.83. The summed E-state index contributed by atoms with van der Waals surface area (Å²) < 4.78 is 0. The molecule has 0 heterocycles. The lowest BCUT2D eigenvalue weighted by Gasteiger charge is -2.23. The largest absolute Gasteiger partial charge is 0.366 e. The van der Waals surface area contributed by atoms with Crippen LogP contribution in [0.2, 0.25) is 0 Å². The summed E-state index contributed by atoms with van der Waals surface area (Å²) in [5.74, 6) is 0.278. The Morgan fingerprint density at radius 1 is 1.43 bits per heavy atom. The summed E-state index contributed by atoms with van der Waals surface area (Å²) in [6.45, 7) is 6.10. The number of rotatable bonds is 5. The summed E-state index contributed by atoms with van der Waals surface area (Å²) in [4.78, 5) is 13.0. The van der Waals surface area contributed by atoms with Gasteiger partial charge >= 0.3 is 0 Å². The van der Waals surface area contributed by atoms with Gasteiger partial charge in [-0.3, -0.25) is 4.79 Å². The minimum atomic E-state index is -0.333. The van der Waals surface area contributed by atoms with Gasteiger partial charge in [0.05, 0.1) is 0 Å². The lowest BCUT2D eigenvalue weighted by Crippen LogP contribution is -2.28. The molecule has 0 radical (unpaired) electrons. The highest BCUT2D eigenvalue weighted by atomic mass is 16.1. The third kappa shape index (κ3) is 5.02. The number of nitrogens with zero attached hydrogens (tertiary/aromatic N) is 1. The highest BCUT2D eigenvalue weighted by Gasteiger charge is 2.11. The molecule has 0 saturated carbocycles.